The molecule has 0 aliphatic heterocycles. The second kappa shape index (κ2) is 12.8. The molecule has 2 heteroatoms. The molecule has 8 aromatic carbocycles. The maximum Gasteiger partial charge on any atom is 0.136 e. The molecule has 0 radical (unpaired) electrons. The monoisotopic (exact) mass is 767 g/mol. The highest BCUT2D eigenvalue weighted by molar-refractivity contribution is 6.06. The molecule has 2 nitrogen and oxygen atoms in total. The molecule has 0 N–H and O–H groups in total. The fraction of sp³-hybridized carbons (Fsp3) is 0.0690. The molecule has 0 saturated heterocycles. The molecule has 0 saturated carbocycles. The van der Waals surface area contributed by atoms with Crippen LogP contribution in [0.1, 0.15) is 47.2 Å². The van der Waals surface area contributed by atoms with Gasteiger partial charge in [0.2, 0.25) is 0 Å². The number of para-hydroxylation sites is 1. The average molecular weight is 768 g/mol. The van der Waals surface area contributed by atoms with E-state index in [-0.39, 0.29) is 5.41 Å². The molecule has 3 aliphatic carbocycles. The van der Waals surface area contributed by atoms with Crippen molar-refractivity contribution in [3.63, 3.8) is 0 Å². The number of rotatable bonds is 6. The van der Waals surface area contributed by atoms with Crippen LogP contribution in [0.4, 0.5) is 11.4 Å². The minimum Gasteiger partial charge on any atom is -0.456 e. The Hall–Kier alpha value is -7.42. The zero-order valence-electron chi connectivity index (χ0n) is 33.6. The number of hydrogen-bond donors (Lipinski definition) is 0. The minimum absolute atomic E-state index is 0.171. The van der Waals surface area contributed by atoms with E-state index in [4.69, 9.17) is 4.42 Å². The molecular formula is C58H41NO. The van der Waals surface area contributed by atoms with Crippen LogP contribution < -0.4 is 4.90 Å². The quantitative estimate of drug-likeness (QED) is 0.157. The van der Waals surface area contributed by atoms with Crippen LogP contribution in [-0.4, -0.2) is 0 Å². The maximum absolute atomic E-state index is 6.34. The standard InChI is InChI=1S/C58H41NO/c1-4-5-16-48-44-20-9-14-25-52(44)58(50-23-12-7-18-42(50)43-19-8-13-24-51(43)58)56(48)59(40-32-34-45-41-17-6-11-22-49(41)57(2,3)53(45)36-40)39-30-27-37(28-31-39)38-29-33-47-46-21-10-15-26-54(46)60-55(47)35-38/h4-36H,1H2,2-3H3/b16-5-. The Balaban J connectivity index is 1.13. The van der Waals surface area contributed by atoms with E-state index in [1.807, 2.05) is 18.2 Å². The third-order valence-corrected chi connectivity index (χ3v) is 13.5. The lowest BCUT2D eigenvalue weighted by Gasteiger charge is -2.40. The summed E-state index contributed by atoms with van der Waals surface area (Å²) in [6.07, 6.45) is 6.26. The lowest BCUT2D eigenvalue weighted by molar-refractivity contribution is 0.660. The Morgan fingerprint density at radius 1 is 0.467 bits per heavy atom. The van der Waals surface area contributed by atoms with Gasteiger partial charge in [-0.3, -0.25) is 0 Å². The number of benzene rings is 8. The summed E-state index contributed by atoms with van der Waals surface area (Å²) < 4.78 is 6.34. The zero-order valence-corrected chi connectivity index (χ0v) is 33.6. The van der Waals surface area contributed by atoms with Gasteiger partial charge in [0.15, 0.2) is 0 Å². The second-order valence-electron chi connectivity index (χ2n) is 16.8. The number of furan rings is 1. The SMILES string of the molecule is C=C/C=C\C1=C(N(c2ccc(-c3ccc4c(c3)oc3ccccc34)cc2)c2ccc3c(c2)C(C)(C)c2ccccc2-3)C2(c3ccccc31)c1ccccc1-c1ccccc12. The van der Waals surface area contributed by atoms with Crippen LogP contribution in [-0.2, 0) is 10.8 Å². The Labute approximate surface area is 350 Å². The van der Waals surface area contributed by atoms with E-state index in [2.05, 4.69) is 207 Å². The summed E-state index contributed by atoms with van der Waals surface area (Å²) in [5.41, 5.74) is 20.9. The second-order valence-corrected chi connectivity index (χ2v) is 16.8. The van der Waals surface area contributed by atoms with Crippen LogP contribution in [0.5, 0.6) is 0 Å². The van der Waals surface area contributed by atoms with Crippen molar-refractivity contribution in [3.8, 4) is 33.4 Å². The van der Waals surface area contributed by atoms with Crippen molar-refractivity contribution in [1.82, 2.24) is 0 Å². The summed E-state index contributed by atoms with van der Waals surface area (Å²) in [6, 6.07) is 67.2. The van der Waals surface area contributed by atoms with Crippen molar-refractivity contribution in [2.24, 2.45) is 0 Å². The third-order valence-electron chi connectivity index (χ3n) is 13.5. The van der Waals surface area contributed by atoms with Gasteiger partial charge in [0, 0.05) is 33.1 Å². The van der Waals surface area contributed by atoms with Gasteiger partial charge in [-0.05, 0) is 109 Å². The van der Waals surface area contributed by atoms with Gasteiger partial charge in [0.1, 0.15) is 11.2 Å². The molecule has 12 rings (SSSR count). The molecule has 0 bridgehead atoms. The van der Waals surface area contributed by atoms with Crippen LogP contribution in [0.25, 0.3) is 60.9 Å². The Bertz CT molecular complexity index is 3270. The molecule has 9 aromatic rings. The highest BCUT2D eigenvalue weighted by Crippen LogP contribution is 2.64. The Morgan fingerprint density at radius 2 is 1.00 bits per heavy atom. The van der Waals surface area contributed by atoms with Gasteiger partial charge in [0.25, 0.3) is 0 Å². The summed E-state index contributed by atoms with van der Waals surface area (Å²) in [7, 11) is 0. The Morgan fingerprint density at radius 3 is 1.70 bits per heavy atom. The van der Waals surface area contributed by atoms with E-state index in [0.717, 1.165) is 44.4 Å². The number of fused-ring (bicyclic) bond motifs is 13. The number of anilines is 2. The van der Waals surface area contributed by atoms with Crippen molar-refractivity contribution in [2.75, 3.05) is 4.90 Å². The fourth-order valence-corrected chi connectivity index (χ4v) is 10.9. The number of nitrogens with zero attached hydrogens (tertiary/aromatic N) is 1. The molecule has 60 heavy (non-hydrogen) atoms. The predicted octanol–water partition coefficient (Wildman–Crippen LogP) is 15.2. The molecule has 284 valence electrons. The molecular weight excluding hydrogens is 727 g/mol. The normalized spacial score (nSPS) is 15.0. The first-order valence-corrected chi connectivity index (χ1v) is 20.9. The first kappa shape index (κ1) is 34.6. The van der Waals surface area contributed by atoms with Crippen LogP contribution in [0, 0.1) is 0 Å². The van der Waals surface area contributed by atoms with E-state index in [1.54, 1.807) is 0 Å². The van der Waals surface area contributed by atoms with E-state index >= 15 is 0 Å². The molecule has 0 unspecified atom stereocenters. The summed E-state index contributed by atoms with van der Waals surface area (Å²) in [6.45, 7) is 8.88. The van der Waals surface area contributed by atoms with Gasteiger partial charge in [-0.15, -0.1) is 0 Å². The molecule has 1 spiro atoms. The van der Waals surface area contributed by atoms with Crippen molar-refractivity contribution in [3.05, 3.63) is 246 Å². The fourth-order valence-electron chi connectivity index (χ4n) is 10.9. The molecule has 0 amide bonds. The summed E-state index contributed by atoms with van der Waals surface area (Å²) in [5.74, 6) is 0. The molecule has 3 aliphatic rings. The highest BCUT2D eigenvalue weighted by atomic mass is 16.3. The summed E-state index contributed by atoms with van der Waals surface area (Å²) in [4.78, 5) is 2.56. The van der Waals surface area contributed by atoms with Crippen LogP contribution in [0.15, 0.2) is 217 Å². The minimum atomic E-state index is -0.604. The van der Waals surface area contributed by atoms with Crippen molar-refractivity contribution in [2.45, 2.75) is 24.7 Å². The van der Waals surface area contributed by atoms with E-state index < -0.39 is 5.41 Å². The highest BCUT2D eigenvalue weighted by Gasteiger charge is 2.55. The van der Waals surface area contributed by atoms with Gasteiger partial charge >= 0.3 is 0 Å². The van der Waals surface area contributed by atoms with Gasteiger partial charge in [-0.2, -0.15) is 0 Å². The first-order chi connectivity index (χ1) is 29.5. The zero-order chi connectivity index (χ0) is 40.2. The lowest BCUT2D eigenvalue weighted by Crippen LogP contribution is -2.36. The van der Waals surface area contributed by atoms with E-state index in [9.17, 15) is 0 Å². The van der Waals surface area contributed by atoms with Crippen molar-refractivity contribution in [1.29, 1.82) is 0 Å². The summed E-state index contributed by atoms with van der Waals surface area (Å²) in [5, 5.41) is 2.27. The largest absolute Gasteiger partial charge is 0.456 e. The number of allylic oxidation sites excluding steroid dienone is 5. The van der Waals surface area contributed by atoms with Gasteiger partial charge in [-0.25, -0.2) is 0 Å². The topological polar surface area (TPSA) is 16.4 Å². The average Bonchev–Trinajstić information content (AvgIpc) is 3.98. The van der Waals surface area contributed by atoms with Crippen molar-refractivity contribution >= 4 is 38.9 Å². The third kappa shape index (κ3) is 4.65. The molecule has 1 aromatic heterocycles. The number of hydrogen-bond acceptors (Lipinski definition) is 2. The summed E-state index contributed by atoms with van der Waals surface area (Å²) >= 11 is 0. The van der Waals surface area contributed by atoms with Gasteiger partial charge < -0.3 is 9.32 Å². The van der Waals surface area contributed by atoms with Gasteiger partial charge in [-0.1, -0.05) is 178 Å². The molecule has 0 fully saturated rings. The van der Waals surface area contributed by atoms with E-state index in [1.165, 1.54) is 66.9 Å². The van der Waals surface area contributed by atoms with Gasteiger partial charge in [0.05, 0.1) is 11.1 Å². The molecule has 1 heterocycles. The first-order valence-electron chi connectivity index (χ1n) is 20.9. The maximum atomic E-state index is 6.34. The van der Waals surface area contributed by atoms with Crippen molar-refractivity contribution < 1.29 is 4.42 Å². The predicted molar refractivity (Wildman–Crippen MR) is 250 cm³/mol. The lowest BCUT2D eigenvalue weighted by atomic mass is 9.71. The Kier molecular flexibility index (Phi) is 7.38. The van der Waals surface area contributed by atoms with Crippen LogP contribution in [0.2, 0.25) is 0 Å². The van der Waals surface area contributed by atoms with Crippen LogP contribution in [0.3, 0.4) is 0 Å². The smallest absolute Gasteiger partial charge is 0.136 e. The van der Waals surface area contributed by atoms with E-state index in [0.29, 0.717) is 0 Å². The molecule has 0 atom stereocenters. The van der Waals surface area contributed by atoms with Crippen LogP contribution >= 0.6 is 0 Å².